The van der Waals surface area contributed by atoms with Crippen LogP contribution in [0.15, 0.2) is 18.2 Å². The molecule has 0 atom stereocenters. The first-order valence-electron chi connectivity index (χ1n) is 6.92. The number of aromatic carboxylic acids is 1. The summed E-state index contributed by atoms with van der Waals surface area (Å²) in [5, 5.41) is 11.9. The van der Waals surface area contributed by atoms with E-state index < -0.39 is 11.4 Å². The van der Waals surface area contributed by atoms with E-state index in [2.05, 4.69) is 5.32 Å². The molecule has 0 aliphatic carbocycles. The molecule has 0 unspecified atom stereocenters. The van der Waals surface area contributed by atoms with Gasteiger partial charge in [-0.05, 0) is 37.5 Å². The molecule has 0 radical (unpaired) electrons. The molecule has 21 heavy (non-hydrogen) atoms. The van der Waals surface area contributed by atoms with Gasteiger partial charge in [-0.3, -0.25) is 4.79 Å². The molecule has 4 N–H and O–H groups in total. The lowest BCUT2D eigenvalue weighted by Crippen LogP contribution is -2.46. The number of carboxylic acid groups (broad SMARTS) is 1. The largest absolute Gasteiger partial charge is 0.478 e. The van der Waals surface area contributed by atoms with Crippen LogP contribution in [0, 0.1) is 12.3 Å². The van der Waals surface area contributed by atoms with Gasteiger partial charge in [0.15, 0.2) is 0 Å². The van der Waals surface area contributed by atoms with Gasteiger partial charge in [-0.25, -0.2) is 4.79 Å². The molecule has 0 bridgehead atoms. The van der Waals surface area contributed by atoms with Crippen LogP contribution < -0.4 is 11.1 Å². The topological polar surface area (TPSA) is 102 Å². The third kappa shape index (κ3) is 3.22. The summed E-state index contributed by atoms with van der Waals surface area (Å²) in [6.07, 6.45) is 1.15. The van der Waals surface area contributed by atoms with Crippen molar-refractivity contribution in [1.82, 2.24) is 0 Å². The first-order chi connectivity index (χ1) is 9.98. The van der Waals surface area contributed by atoms with Gasteiger partial charge in [0.05, 0.1) is 11.0 Å². The van der Waals surface area contributed by atoms with Crippen molar-refractivity contribution >= 4 is 17.6 Å². The number of hydrogen-bond donors (Lipinski definition) is 3. The lowest BCUT2D eigenvalue weighted by molar-refractivity contribution is -0.130. The standard InChI is InChI=1S/C15H20N2O4/c1-10-2-3-11(8-12(10)13(18)19)17-14(20)15(9-16)4-6-21-7-5-15/h2-3,8H,4-7,9,16H2,1H3,(H,17,20)(H,18,19). The summed E-state index contributed by atoms with van der Waals surface area (Å²) in [4.78, 5) is 23.6. The van der Waals surface area contributed by atoms with Crippen LogP contribution in [-0.4, -0.2) is 36.7 Å². The van der Waals surface area contributed by atoms with Crippen LogP contribution in [0.25, 0.3) is 0 Å². The average Bonchev–Trinajstić information content (AvgIpc) is 2.49. The van der Waals surface area contributed by atoms with Crippen LogP contribution in [-0.2, 0) is 9.53 Å². The molecule has 0 spiro atoms. The van der Waals surface area contributed by atoms with Crippen molar-refractivity contribution in [3.8, 4) is 0 Å². The van der Waals surface area contributed by atoms with Crippen molar-refractivity contribution in [2.75, 3.05) is 25.1 Å². The lowest BCUT2D eigenvalue weighted by atomic mass is 9.79. The van der Waals surface area contributed by atoms with Gasteiger partial charge in [-0.15, -0.1) is 0 Å². The Kier molecular flexibility index (Phi) is 4.59. The number of nitrogens with one attached hydrogen (secondary N) is 1. The van der Waals surface area contributed by atoms with Gasteiger partial charge in [0, 0.05) is 25.4 Å². The van der Waals surface area contributed by atoms with Crippen LogP contribution in [0.2, 0.25) is 0 Å². The molecule has 1 aromatic carbocycles. The number of nitrogens with two attached hydrogens (primary N) is 1. The molecule has 2 rings (SSSR count). The summed E-state index contributed by atoms with van der Waals surface area (Å²) in [7, 11) is 0. The highest BCUT2D eigenvalue weighted by Crippen LogP contribution is 2.31. The number of hydrogen-bond acceptors (Lipinski definition) is 4. The summed E-state index contributed by atoms with van der Waals surface area (Å²) < 4.78 is 5.28. The Hall–Kier alpha value is -1.92. The number of aryl methyl sites for hydroxylation is 1. The third-order valence-electron chi connectivity index (χ3n) is 4.05. The number of benzene rings is 1. The van der Waals surface area contributed by atoms with Crippen molar-refractivity contribution in [3.05, 3.63) is 29.3 Å². The fraction of sp³-hybridized carbons (Fsp3) is 0.467. The Bertz CT molecular complexity index is 551. The Morgan fingerprint density at radius 3 is 2.62 bits per heavy atom. The van der Waals surface area contributed by atoms with Gasteiger partial charge >= 0.3 is 5.97 Å². The summed E-state index contributed by atoms with van der Waals surface area (Å²) >= 11 is 0. The predicted molar refractivity (Wildman–Crippen MR) is 78.3 cm³/mol. The quantitative estimate of drug-likeness (QED) is 0.778. The van der Waals surface area contributed by atoms with Crippen molar-refractivity contribution in [3.63, 3.8) is 0 Å². The number of rotatable bonds is 4. The Labute approximate surface area is 123 Å². The van der Waals surface area contributed by atoms with Gasteiger partial charge < -0.3 is 20.9 Å². The number of amides is 1. The molecule has 6 heteroatoms. The smallest absolute Gasteiger partial charge is 0.336 e. The van der Waals surface area contributed by atoms with E-state index in [-0.39, 0.29) is 18.0 Å². The molecule has 1 saturated heterocycles. The number of carboxylic acids is 1. The zero-order chi connectivity index (χ0) is 15.5. The predicted octanol–water partition coefficient (Wildman–Crippen LogP) is 1.39. The van der Waals surface area contributed by atoms with Crippen LogP contribution in [0.1, 0.15) is 28.8 Å². The maximum Gasteiger partial charge on any atom is 0.336 e. The van der Waals surface area contributed by atoms with E-state index in [0.29, 0.717) is 37.3 Å². The Morgan fingerprint density at radius 2 is 2.05 bits per heavy atom. The molecule has 1 heterocycles. The van der Waals surface area contributed by atoms with E-state index in [1.165, 1.54) is 6.07 Å². The van der Waals surface area contributed by atoms with Crippen LogP contribution in [0.5, 0.6) is 0 Å². The molecule has 1 aliphatic rings. The van der Waals surface area contributed by atoms with Gasteiger partial charge in [0.1, 0.15) is 0 Å². The second-order valence-corrected chi connectivity index (χ2v) is 5.39. The molecular formula is C15H20N2O4. The number of anilines is 1. The van der Waals surface area contributed by atoms with E-state index in [0.717, 1.165) is 0 Å². The summed E-state index contributed by atoms with van der Waals surface area (Å²) in [5.74, 6) is -1.18. The molecule has 1 amide bonds. The minimum absolute atomic E-state index is 0.173. The van der Waals surface area contributed by atoms with Gasteiger partial charge in [-0.1, -0.05) is 6.07 Å². The van der Waals surface area contributed by atoms with Gasteiger partial charge in [0.25, 0.3) is 0 Å². The lowest BCUT2D eigenvalue weighted by Gasteiger charge is -2.34. The Balaban J connectivity index is 2.19. The van der Waals surface area contributed by atoms with Crippen LogP contribution in [0.4, 0.5) is 5.69 Å². The maximum atomic E-state index is 12.5. The van der Waals surface area contributed by atoms with E-state index in [1.807, 2.05) is 0 Å². The second kappa shape index (κ2) is 6.24. The second-order valence-electron chi connectivity index (χ2n) is 5.39. The van der Waals surface area contributed by atoms with Crippen LogP contribution >= 0.6 is 0 Å². The van der Waals surface area contributed by atoms with Crippen molar-refractivity contribution in [2.45, 2.75) is 19.8 Å². The Morgan fingerprint density at radius 1 is 1.38 bits per heavy atom. The summed E-state index contributed by atoms with van der Waals surface area (Å²) in [5.41, 5.74) is 6.46. The fourth-order valence-electron chi connectivity index (χ4n) is 2.48. The van der Waals surface area contributed by atoms with E-state index >= 15 is 0 Å². The average molecular weight is 292 g/mol. The summed E-state index contributed by atoms with van der Waals surface area (Å²) in [6, 6.07) is 4.85. The number of ether oxygens (including phenoxy) is 1. The normalized spacial score (nSPS) is 17.2. The SMILES string of the molecule is Cc1ccc(NC(=O)C2(CN)CCOCC2)cc1C(=O)O. The monoisotopic (exact) mass is 292 g/mol. The molecule has 6 nitrogen and oxygen atoms in total. The van der Waals surface area contributed by atoms with Gasteiger partial charge in [0.2, 0.25) is 5.91 Å². The highest BCUT2D eigenvalue weighted by atomic mass is 16.5. The molecular weight excluding hydrogens is 272 g/mol. The molecule has 1 aliphatic heterocycles. The highest BCUT2D eigenvalue weighted by Gasteiger charge is 2.38. The zero-order valence-corrected chi connectivity index (χ0v) is 12.0. The van der Waals surface area contributed by atoms with Crippen molar-refractivity contribution < 1.29 is 19.4 Å². The minimum Gasteiger partial charge on any atom is -0.478 e. The zero-order valence-electron chi connectivity index (χ0n) is 12.0. The highest BCUT2D eigenvalue weighted by molar-refractivity contribution is 5.97. The first-order valence-corrected chi connectivity index (χ1v) is 6.92. The van der Waals surface area contributed by atoms with E-state index in [1.54, 1.807) is 19.1 Å². The summed E-state index contributed by atoms with van der Waals surface area (Å²) in [6.45, 7) is 2.99. The maximum absolute atomic E-state index is 12.5. The minimum atomic E-state index is -1.01. The fourth-order valence-corrected chi connectivity index (χ4v) is 2.48. The molecule has 1 aromatic rings. The van der Waals surface area contributed by atoms with Crippen molar-refractivity contribution in [1.29, 1.82) is 0 Å². The molecule has 0 aromatic heterocycles. The number of carbonyl (C=O) groups is 2. The van der Waals surface area contributed by atoms with Crippen molar-refractivity contribution in [2.24, 2.45) is 11.1 Å². The molecule has 0 saturated carbocycles. The van der Waals surface area contributed by atoms with E-state index in [9.17, 15) is 9.59 Å². The van der Waals surface area contributed by atoms with Gasteiger partial charge in [-0.2, -0.15) is 0 Å². The molecule has 114 valence electrons. The third-order valence-corrected chi connectivity index (χ3v) is 4.05. The molecule has 1 fully saturated rings. The number of carbonyl (C=O) groups excluding carboxylic acids is 1. The van der Waals surface area contributed by atoms with Crippen LogP contribution in [0.3, 0.4) is 0 Å². The first kappa shape index (κ1) is 15.5. The van der Waals surface area contributed by atoms with E-state index in [4.69, 9.17) is 15.6 Å².